The molecule has 0 aromatic carbocycles. The molecule has 2 fully saturated rings. The first-order valence-electron chi connectivity index (χ1n) is 12.4. The van der Waals surface area contributed by atoms with E-state index in [-0.39, 0.29) is 12.0 Å². The van der Waals surface area contributed by atoms with Gasteiger partial charge in [0.15, 0.2) is 5.82 Å². The van der Waals surface area contributed by atoms with Crippen molar-refractivity contribution in [2.24, 2.45) is 10.2 Å². The number of nitrogens with one attached hydrogen (secondary N) is 2. The molecule has 11 heteroatoms. The van der Waals surface area contributed by atoms with Crippen LogP contribution in [0.1, 0.15) is 51.1 Å². The van der Waals surface area contributed by atoms with Gasteiger partial charge in [-0.2, -0.15) is 15.2 Å². The lowest BCUT2D eigenvalue weighted by molar-refractivity contribution is -0.165. The van der Waals surface area contributed by atoms with Crippen molar-refractivity contribution >= 4 is 23.0 Å². The molecule has 0 atom stereocenters. The molecule has 1 spiro atoms. The van der Waals surface area contributed by atoms with Crippen LogP contribution in [0.15, 0.2) is 34.6 Å². The fourth-order valence-electron chi connectivity index (χ4n) is 4.64. The zero-order valence-corrected chi connectivity index (χ0v) is 21.3. The molecule has 2 N–H and O–H groups in total. The van der Waals surface area contributed by atoms with Crippen LogP contribution in [0, 0.1) is 6.92 Å². The zero-order valence-electron chi connectivity index (χ0n) is 21.3. The number of rotatable bonds is 6. The number of ether oxygens (including phenoxy) is 1. The van der Waals surface area contributed by atoms with Crippen LogP contribution in [-0.2, 0) is 4.74 Å². The summed E-state index contributed by atoms with van der Waals surface area (Å²) in [7, 11) is 3.54. The number of hydrogen-bond acceptors (Lipinski definition) is 8. The van der Waals surface area contributed by atoms with Crippen molar-refractivity contribution in [1.82, 2.24) is 19.6 Å². The highest BCUT2D eigenvalue weighted by Gasteiger charge is 2.41. The van der Waals surface area contributed by atoms with Gasteiger partial charge in [-0.3, -0.25) is 4.98 Å². The van der Waals surface area contributed by atoms with Crippen molar-refractivity contribution in [1.29, 1.82) is 0 Å². The lowest BCUT2D eigenvalue weighted by Gasteiger charge is -2.46. The summed E-state index contributed by atoms with van der Waals surface area (Å²) in [4.78, 5) is 9.49. The van der Waals surface area contributed by atoms with Gasteiger partial charge in [0.1, 0.15) is 11.2 Å². The highest BCUT2D eigenvalue weighted by atomic mass is 19.3. The van der Waals surface area contributed by atoms with Gasteiger partial charge in [-0.05, 0) is 57.2 Å². The first-order valence-corrected chi connectivity index (χ1v) is 12.4. The Morgan fingerprint density at radius 3 is 2.47 bits per heavy atom. The van der Waals surface area contributed by atoms with E-state index in [1.54, 1.807) is 7.05 Å². The molecule has 1 saturated carbocycles. The Balaban J connectivity index is 0.000000556. The molecule has 1 aliphatic heterocycles. The topological polar surface area (TPSA) is 101 Å². The van der Waals surface area contributed by atoms with Gasteiger partial charge in [0.25, 0.3) is 0 Å². The van der Waals surface area contributed by atoms with Crippen molar-refractivity contribution in [2.45, 2.75) is 70.4 Å². The third kappa shape index (κ3) is 5.61. The van der Waals surface area contributed by atoms with E-state index in [4.69, 9.17) is 19.8 Å². The molecule has 5 rings (SSSR count). The number of anilines is 2. The summed E-state index contributed by atoms with van der Waals surface area (Å²) in [6.07, 6.45) is 5.39. The number of azo groups is 1. The van der Waals surface area contributed by atoms with E-state index in [0.717, 1.165) is 66.3 Å². The first-order chi connectivity index (χ1) is 17.4. The molecular formula is C25H34F2N8O. The summed E-state index contributed by atoms with van der Waals surface area (Å²) < 4.78 is 29.2. The van der Waals surface area contributed by atoms with Gasteiger partial charge in [0.05, 0.1) is 23.6 Å². The summed E-state index contributed by atoms with van der Waals surface area (Å²) in [6.45, 7) is 4.30. The molecule has 194 valence electrons. The van der Waals surface area contributed by atoms with Crippen molar-refractivity contribution in [3.8, 4) is 11.3 Å². The fourth-order valence-corrected chi connectivity index (χ4v) is 4.64. The summed E-state index contributed by atoms with van der Waals surface area (Å²) in [5, 5.41) is 19.5. The largest absolute Gasteiger partial charge is 0.375 e. The Bertz CT molecular complexity index is 1200. The smallest absolute Gasteiger partial charge is 0.243 e. The first kappa shape index (κ1) is 25.9. The van der Waals surface area contributed by atoms with Crippen molar-refractivity contribution in [2.75, 3.05) is 31.3 Å². The molecule has 2 aliphatic rings. The number of nitrogens with zero attached hydrogens (tertiary/aromatic N) is 6. The molecule has 0 unspecified atom stereocenters. The molecule has 4 heterocycles. The average molecular weight is 501 g/mol. The maximum atomic E-state index is 10.8. The quantitative estimate of drug-likeness (QED) is 0.401. The Morgan fingerprint density at radius 2 is 1.92 bits per heavy atom. The van der Waals surface area contributed by atoms with Gasteiger partial charge in [-0.15, -0.1) is 5.10 Å². The van der Waals surface area contributed by atoms with Gasteiger partial charge < -0.3 is 15.4 Å². The SMILES string of the molecule is CCC(F)F.CN=Nc1ccc(-c2ccn3nc(NC4CCC5(CCO5)CC4)nc(NC)c23)nc1C. The van der Waals surface area contributed by atoms with Crippen LogP contribution >= 0.6 is 0 Å². The summed E-state index contributed by atoms with van der Waals surface area (Å²) >= 11 is 0. The van der Waals surface area contributed by atoms with Crippen LogP contribution in [0.25, 0.3) is 16.8 Å². The van der Waals surface area contributed by atoms with Crippen molar-refractivity contribution in [3.63, 3.8) is 0 Å². The molecule has 36 heavy (non-hydrogen) atoms. The fraction of sp³-hybridized carbons (Fsp3) is 0.560. The van der Waals surface area contributed by atoms with Gasteiger partial charge in [-0.1, -0.05) is 6.92 Å². The number of pyridine rings is 1. The lowest BCUT2D eigenvalue weighted by Crippen LogP contribution is -2.48. The minimum absolute atomic E-state index is 0.0278. The van der Waals surface area contributed by atoms with Gasteiger partial charge in [0, 0.05) is 38.3 Å². The second-order valence-electron chi connectivity index (χ2n) is 9.16. The third-order valence-corrected chi connectivity index (χ3v) is 6.79. The molecule has 3 aromatic heterocycles. The van der Waals surface area contributed by atoms with Crippen LogP contribution in [0.3, 0.4) is 0 Å². The van der Waals surface area contributed by atoms with Crippen LogP contribution in [0.4, 0.5) is 26.2 Å². The van der Waals surface area contributed by atoms with E-state index < -0.39 is 6.43 Å². The monoisotopic (exact) mass is 500 g/mol. The molecule has 1 saturated heterocycles. The molecule has 9 nitrogen and oxygen atoms in total. The van der Waals surface area contributed by atoms with Gasteiger partial charge in [-0.25, -0.2) is 13.3 Å². The van der Waals surface area contributed by atoms with E-state index in [9.17, 15) is 8.78 Å². The number of halogens is 2. The maximum Gasteiger partial charge on any atom is 0.243 e. The highest BCUT2D eigenvalue weighted by molar-refractivity contribution is 5.87. The average Bonchev–Trinajstić information content (AvgIpc) is 3.29. The summed E-state index contributed by atoms with van der Waals surface area (Å²) in [6, 6.07) is 6.29. The molecule has 1 aliphatic carbocycles. The number of aromatic nitrogens is 4. The van der Waals surface area contributed by atoms with Crippen LogP contribution < -0.4 is 10.6 Å². The maximum absolute atomic E-state index is 10.8. The standard InChI is InChI=1S/C22H28N8O.C3H6F2/c1-14-17(28-24-3)4-5-18(25-14)16-8-12-30-19(16)20(23-2)27-21(29-30)26-15-6-9-22(10-7-15)11-13-31-22;1-2-3(4)5/h4-5,8,12,15H,6-7,9-11,13H2,1-3H3,(H2,23,26,27,29);3H,2H2,1H3. The van der Waals surface area contributed by atoms with Crippen LogP contribution in [0.5, 0.6) is 0 Å². The molecule has 0 amide bonds. The van der Waals surface area contributed by atoms with Crippen LogP contribution in [0.2, 0.25) is 0 Å². The summed E-state index contributed by atoms with van der Waals surface area (Å²) in [5.41, 5.74) is 4.49. The Morgan fingerprint density at radius 1 is 1.19 bits per heavy atom. The zero-order chi connectivity index (χ0) is 25.7. The Labute approximate surface area is 209 Å². The van der Waals surface area contributed by atoms with Gasteiger partial charge in [0.2, 0.25) is 12.4 Å². The van der Waals surface area contributed by atoms with E-state index in [1.165, 1.54) is 13.3 Å². The van der Waals surface area contributed by atoms with E-state index in [2.05, 4.69) is 20.9 Å². The molecule has 0 radical (unpaired) electrons. The minimum Gasteiger partial charge on any atom is -0.375 e. The van der Waals surface area contributed by atoms with Crippen molar-refractivity contribution < 1.29 is 13.5 Å². The molecule has 3 aromatic rings. The number of fused-ring (bicyclic) bond motifs is 1. The number of alkyl halides is 2. The van der Waals surface area contributed by atoms with Crippen LogP contribution in [-0.4, -0.2) is 58.4 Å². The van der Waals surface area contributed by atoms with E-state index in [0.29, 0.717) is 12.0 Å². The summed E-state index contributed by atoms with van der Waals surface area (Å²) in [5.74, 6) is 1.40. The van der Waals surface area contributed by atoms with Crippen molar-refractivity contribution in [3.05, 3.63) is 30.1 Å². The van der Waals surface area contributed by atoms with E-state index in [1.807, 2.05) is 42.9 Å². The van der Waals surface area contributed by atoms with E-state index >= 15 is 0 Å². The molecule has 0 bridgehead atoms. The second kappa shape index (κ2) is 11.2. The Hall–Kier alpha value is -3.21. The molecular weight excluding hydrogens is 466 g/mol. The lowest BCUT2D eigenvalue weighted by atomic mass is 9.77. The predicted octanol–water partition coefficient (Wildman–Crippen LogP) is 6.03. The number of aryl methyl sites for hydroxylation is 1. The normalized spacial score (nSPS) is 21.5. The predicted molar refractivity (Wildman–Crippen MR) is 136 cm³/mol. The highest BCUT2D eigenvalue weighted by Crippen LogP contribution is 2.41. The number of hydrogen-bond donors (Lipinski definition) is 2. The second-order valence-corrected chi connectivity index (χ2v) is 9.16. The van der Waals surface area contributed by atoms with Gasteiger partial charge >= 0.3 is 0 Å². The Kier molecular flexibility index (Phi) is 8.07. The third-order valence-electron chi connectivity index (χ3n) is 6.79. The minimum atomic E-state index is -2.12.